The van der Waals surface area contributed by atoms with Crippen molar-refractivity contribution in [3.05, 3.63) is 145 Å². The molecule has 2 atom stereocenters. The molecule has 3 nitrogen and oxygen atoms in total. The topological polar surface area (TPSA) is 27.3 Å². The van der Waals surface area contributed by atoms with Gasteiger partial charge in [-0.3, -0.25) is 0 Å². The molecule has 2 unspecified atom stereocenters. The number of nitrogens with zero attached hydrogens (tertiary/aromatic N) is 1. The summed E-state index contributed by atoms with van der Waals surface area (Å²) < 4.78 is 15.7. The number of benzene rings is 6. The van der Waals surface area contributed by atoms with Gasteiger partial charge in [-0.05, 0) is 77.4 Å². The molecule has 0 bridgehead atoms. The highest BCUT2D eigenvalue weighted by Gasteiger charge is 2.44. The Balaban J connectivity index is 1.36. The van der Waals surface area contributed by atoms with Gasteiger partial charge in [0.15, 0.2) is 0 Å². The Kier molecular flexibility index (Phi) is 4.64. The van der Waals surface area contributed by atoms with E-state index in [0.29, 0.717) is 0 Å². The number of hydrogen-bond donors (Lipinski definition) is 0. The average molecular weight is 566 g/mol. The van der Waals surface area contributed by atoms with Gasteiger partial charge in [0.1, 0.15) is 22.5 Å². The van der Waals surface area contributed by atoms with Crippen molar-refractivity contribution in [1.29, 1.82) is 0 Å². The molecule has 1 aliphatic heterocycles. The Morgan fingerprint density at radius 2 is 1.48 bits per heavy atom. The van der Waals surface area contributed by atoms with Gasteiger partial charge in [-0.1, -0.05) is 91.0 Å². The number of ether oxygens (including phenoxy) is 1. The summed E-state index contributed by atoms with van der Waals surface area (Å²) in [6.45, 7) is 2.20. The molecule has 6 aromatic carbocycles. The molecule has 3 heteroatoms. The predicted molar refractivity (Wildman–Crippen MR) is 181 cm³/mol. The highest BCUT2D eigenvalue weighted by atomic mass is 16.5. The maximum Gasteiger partial charge on any atom is 0.149 e. The lowest BCUT2D eigenvalue weighted by atomic mass is 9.81. The smallest absolute Gasteiger partial charge is 0.149 e. The first kappa shape index (κ1) is 24.0. The van der Waals surface area contributed by atoms with E-state index in [9.17, 15) is 0 Å². The third-order valence-corrected chi connectivity index (χ3v) is 9.72. The number of rotatable bonds is 2. The monoisotopic (exact) mass is 565 g/mol. The molecule has 10 rings (SSSR count). The van der Waals surface area contributed by atoms with Crippen molar-refractivity contribution < 1.29 is 9.15 Å². The van der Waals surface area contributed by atoms with E-state index >= 15 is 0 Å². The van der Waals surface area contributed by atoms with Crippen LogP contribution < -0.4 is 4.74 Å². The second kappa shape index (κ2) is 8.52. The van der Waals surface area contributed by atoms with Crippen LogP contribution >= 0.6 is 0 Å². The molecule has 0 N–H and O–H groups in total. The zero-order valence-corrected chi connectivity index (χ0v) is 24.1. The lowest BCUT2D eigenvalue weighted by Gasteiger charge is -2.27. The van der Waals surface area contributed by atoms with E-state index in [2.05, 4.69) is 139 Å². The SMILES string of the molecule is CC12C=CC=CC1c1cc(-c3ccc4oc5ccccc5c4c3)c3c4ccccc4n(-c4ccc5ccccc5c4)c3c1O2. The standard InChI is InChI=1S/C41H27NO2/c1-41-21-9-8-14-34(41)33-24-31(27-18-20-37-32(23-27)29-12-5-7-16-36(29)43-37)38-30-13-4-6-15-35(30)42(39(38)40(33)44-41)28-19-17-25-10-2-3-11-26(25)22-28/h2-24,34H,1H3. The normalized spacial score (nSPS) is 18.9. The molecule has 0 spiro atoms. The minimum atomic E-state index is -0.446. The van der Waals surface area contributed by atoms with Crippen LogP contribution in [-0.2, 0) is 0 Å². The van der Waals surface area contributed by atoms with Gasteiger partial charge in [-0.15, -0.1) is 0 Å². The first-order chi connectivity index (χ1) is 21.7. The predicted octanol–water partition coefficient (Wildman–Crippen LogP) is 10.9. The van der Waals surface area contributed by atoms with Crippen molar-refractivity contribution in [2.75, 3.05) is 0 Å². The summed E-state index contributed by atoms with van der Waals surface area (Å²) >= 11 is 0. The van der Waals surface area contributed by atoms with Crippen LogP contribution in [0.5, 0.6) is 5.75 Å². The van der Waals surface area contributed by atoms with Crippen LogP contribution in [0.15, 0.2) is 144 Å². The van der Waals surface area contributed by atoms with Crippen molar-refractivity contribution in [2.45, 2.75) is 18.4 Å². The number of allylic oxidation sites excluding steroid dienone is 2. The second-order valence-electron chi connectivity index (χ2n) is 12.3. The number of furan rings is 1. The van der Waals surface area contributed by atoms with E-state index in [1.807, 2.05) is 12.1 Å². The van der Waals surface area contributed by atoms with E-state index in [1.54, 1.807) is 0 Å². The van der Waals surface area contributed by atoms with Crippen LogP contribution in [0.4, 0.5) is 0 Å². The highest BCUT2D eigenvalue weighted by molar-refractivity contribution is 6.19. The van der Waals surface area contributed by atoms with Gasteiger partial charge in [0.05, 0.1) is 11.0 Å². The number of para-hydroxylation sites is 2. The number of hydrogen-bond acceptors (Lipinski definition) is 2. The van der Waals surface area contributed by atoms with E-state index in [4.69, 9.17) is 9.15 Å². The second-order valence-corrected chi connectivity index (χ2v) is 12.3. The minimum Gasteiger partial charge on any atom is -0.480 e. The van der Waals surface area contributed by atoms with Crippen LogP contribution in [0.3, 0.4) is 0 Å². The van der Waals surface area contributed by atoms with E-state index in [-0.39, 0.29) is 5.92 Å². The molecule has 3 heterocycles. The van der Waals surface area contributed by atoms with Crippen molar-refractivity contribution in [3.63, 3.8) is 0 Å². The number of fused-ring (bicyclic) bond motifs is 11. The fourth-order valence-electron chi connectivity index (χ4n) is 7.65. The van der Waals surface area contributed by atoms with Gasteiger partial charge < -0.3 is 13.7 Å². The molecular formula is C41H27NO2. The molecule has 0 saturated heterocycles. The zero-order chi connectivity index (χ0) is 29.0. The minimum absolute atomic E-state index is 0.118. The van der Waals surface area contributed by atoms with Crippen molar-refractivity contribution in [2.24, 2.45) is 0 Å². The van der Waals surface area contributed by atoms with Crippen molar-refractivity contribution >= 4 is 54.5 Å². The van der Waals surface area contributed by atoms with E-state index in [1.165, 1.54) is 38.2 Å². The summed E-state index contributed by atoms with van der Waals surface area (Å²) in [4.78, 5) is 0. The van der Waals surface area contributed by atoms with E-state index in [0.717, 1.165) is 44.4 Å². The molecule has 0 amide bonds. The lowest BCUT2D eigenvalue weighted by Crippen LogP contribution is -2.32. The lowest BCUT2D eigenvalue weighted by molar-refractivity contribution is 0.157. The first-order valence-corrected chi connectivity index (χ1v) is 15.2. The number of aromatic nitrogens is 1. The maximum absolute atomic E-state index is 7.02. The Morgan fingerprint density at radius 3 is 2.41 bits per heavy atom. The molecular weight excluding hydrogens is 538 g/mol. The Hall–Kier alpha value is -5.54. The molecule has 0 fully saturated rings. The van der Waals surface area contributed by atoms with Gasteiger partial charge in [0.2, 0.25) is 0 Å². The molecule has 44 heavy (non-hydrogen) atoms. The third-order valence-electron chi connectivity index (χ3n) is 9.72. The van der Waals surface area contributed by atoms with Gasteiger partial charge in [-0.25, -0.2) is 0 Å². The highest BCUT2D eigenvalue weighted by Crippen LogP contribution is 2.55. The fraction of sp³-hybridized carbons (Fsp3) is 0.0732. The largest absolute Gasteiger partial charge is 0.480 e. The molecule has 2 aliphatic rings. The third kappa shape index (κ3) is 3.16. The average Bonchev–Trinajstić information content (AvgIpc) is 3.71. The van der Waals surface area contributed by atoms with Gasteiger partial charge in [0.25, 0.3) is 0 Å². The molecule has 2 aromatic heterocycles. The maximum atomic E-state index is 7.02. The fourth-order valence-corrected chi connectivity index (χ4v) is 7.65. The summed E-state index contributed by atoms with van der Waals surface area (Å²) in [5.41, 5.74) is 8.37. The summed E-state index contributed by atoms with van der Waals surface area (Å²) in [6.07, 6.45) is 8.75. The quantitative estimate of drug-likeness (QED) is 0.208. The van der Waals surface area contributed by atoms with E-state index < -0.39 is 5.60 Å². The Labute approximate surface area is 253 Å². The summed E-state index contributed by atoms with van der Waals surface area (Å²) in [6, 6.07) is 41.4. The Bertz CT molecular complexity index is 2560. The molecule has 8 aromatic rings. The van der Waals surface area contributed by atoms with Crippen molar-refractivity contribution in [3.8, 4) is 22.6 Å². The van der Waals surface area contributed by atoms with Gasteiger partial charge in [-0.2, -0.15) is 0 Å². The molecule has 0 saturated carbocycles. The summed E-state index contributed by atoms with van der Waals surface area (Å²) in [5.74, 6) is 1.08. The van der Waals surface area contributed by atoms with Crippen molar-refractivity contribution in [1.82, 2.24) is 4.57 Å². The molecule has 0 radical (unpaired) electrons. The zero-order valence-electron chi connectivity index (χ0n) is 24.1. The van der Waals surface area contributed by atoms with Crippen LogP contribution in [0, 0.1) is 0 Å². The first-order valence-electron chi connectivity index (χ1n) is 15.2. The summed E-state index contributed by atoms with van der Waals surface area (Å²) in [7, 11) is 0. The molecule has 1 aliphatic carbocycles. The van der Waals surface area contributed by atoms with Crippen LogP contribution in [0.2, 0.25) is 0 Å². The van der Waals surface area contributed by atoms with Gasteiger partial charge >= 0.3 is 0 Å². The van der Waals surface area contributed by atoms with Crippen LogP contribution in [0.25, 0.3) is 71.3 Å². The van der Waals surface area contributed by atoms with Crippen LogP contribution in [0.1, 0.15) is 18.4 Å². The van der Waals surface area contributed by atoms with Crippen LogP contribution in [-0.4, -0.2) is 10.2 Å². The summed E-state index contributed by atoms with van der Waals surface area (Å²) in [5, 5.41) is 7.13. The van der Waals surface area contributed by atoms with Gasteiger partial charge in [0, 0.05) is 38.7 Å². The molecule has 208 valence electrons. The Morgan fingerprint density at radius 1 is 0.682 bits per heavy atom.